The number of imidazole rings is 1. The molecule has 0 spiro atoms. The number of H-pyrrole nitrogens is 1. The van der Waals surface area contributed by atoms with E-state index in [0.717, 1.165) is 16.4 Å². The molecule has 4 rings (SSSR count). The van der Waals surface area contributed by atoms with Gasteiger partial charge in [-0.2, -0.15) is 5.26 Å². The predicted octanol–water partition coefficient (Wildman–Crippen LogP) is 1.98. The van der Waals surface area contributed by atoms with Gasteiger partial charge in [0, 0.05) is 23.8 Å². The fourth-order valence-corrected chi connectivity index (χ4v) is 2.91. The number of hydrogen-bond donors (Lipinski definition) is 1. The second kappa shape index (κ2) is 6.38. The third kappa shape index (κ3) is 2.91. The summed E-state index contributed by atoms with van der Waals surface area (Å²) in [5, 5.41) is 9.90. The van der Waals surface area contributed by atoms with Gasteiger partial charge in [-0.3, -0.25) is 9.78 Å². The van der Waals surface area contributed by atoms with Crippen LogP contribution < -0.4 is 5.43 Å². The van der Waals surface area contributed by atoms with E-state index in [4.69, 9.17) is 5.26 Å². The van der Waals surface area contributed by atoms with Gasteiger partial charge in [0.25, 0.3) is 0 Å². The lowest BCUT2D eigenvalue weighted by atomic mass is 10.1. The minimum Gasteiger partial charge on any atom is -0.465 e. The highest BCUT2D eigenvalue weighted by atomic mass is 16.5. The van der Waals surface area contributed by atoms with Crippen molar-refractivity contribution in [1.29, 1.82) is 5.26 Å². The number of pyridine rings is 2. The molecule has 132 valence electrons. The number of nitrogens with one attached hydrogen (secondary N) is 1. The van der Waals surface area contributed by atoms with Crippen molar-refractivity contribution in [2.24, 2.45) is 0 Å². The lowest BCUT2D eigenvalue weighted by molar-refractivity contribution is 0.0598. The number of nitriles is 1. The highest BCUT2D eigenvalue weighted by Gasteiger charge is 2.12. The SMILES string of the molecule is COC(=O)c1cn(Cc2nc3c(cnc4ccc(C#N)cc43)[nH]2)ccc1=O. The Morgan fingerprint density at radius 1 is 1.37 bits per heavy atom. The predicted molar refractivity (Wildman–Crippen MR) is 97.3 cm³/mol. The van der Waals surface area contributed by atoms with Gasteiger partial charge in [0.2, 0.25) is 0 Å². The maximum Gasteiger partial charge on any atom is 0.343 e. The molecular formula is C19H13N5O3. The molecule has 0 unspecified atom stereocenters. The van der Waals surface area contributed by atoms with Gasteiger partial charge in [-0.1, -0.05) is 0 Å². The molecule has 0 aliphatic heterocycles. The lowest BCUT2D eigenvalue weighted by Gasteiger charge is -2.05. The zero-order valence-electron chi connectivity index (χ0n) is 14.3. The molecule has 8 heteroatoms. The van der Waals surface area contributed by atoms with E-state index in [1.165, 1.54) is 19.4 Å². The van der Waals surface area contributed by atoms with Crippen molar-refractivity contribution in [3.63, 3.8) is 0 Å². The van der Waals surface area contributed by atoms with Crippen LogP contribution in [0.15, 0.2) is 47.7 Å². The second-order valence-corrected chi connectivity index (χ2v) is 5.93. The van der Waals surface area contributed by atoms with Crippen LogP contribution in [-0.2, 0) is 11.3 Å². The van der Waals surface area contributed by atoms with Gasteiger partial charge in [-0.15, -0.1) is 0 Å². The van der Waals surface area contributed by atoms with Crippen LogP contribution in [0.25, 0.3) is 21.9 Å². The van der Waals surface area contributed by atoms with Crippen LogP contribution in [-0.4, -0.2) is 32.6 Å². The first-order valence-electron chi connectivity index (χ1n) is 8.05. The van der Waals surface area contributed by atoms with Crippen molar-refractivity contribution < 1.29 is 9.53 Å². The van der Waals surface area contributed by atoms with Crippen LogP contribution in [0.4, 0.5) is 0 Å². The Hall–Kier alpha value is -3.99. The topological polar surface area (TPSA) is 114 Å². The molecule has 0 bridgehead atoms. The highest BCUT2D eigenvalue weighted by Crippen LogP contribution is 2.23. The van der Waals surface area contributed by atoms with Crippen molar-refractivity contribution in [1.82, 2.24) is 19.5 Å². The monoisotopic (exact) mass is 359 g/mol. The summed E-state index contributed by atoms with van der Waals surface area (Å²) in [6.45, 7) is 0.318. The number of nitrogens with zero attached hydrogens (tertiary/aromatic N) is 4. The average molecular weight is 359 g/mol. The van der Waals surface area contributed by atoms with Crippen molar-refractivity contribution >= 4 is 27.9 Å². The van der Waals surface area contributed by atoms with Gasteiger partial charge in [0.15, 0.2) is 5.43 Å². The minimum absolute atomic E-state index is 0.0399. The van der Waals surface area contributed by atoms with Gasteiger partial charge < -0.3 is 14.3 Å². The van der Waals surface area contributed by atoms with Crippen molar-refractivity contribution in [2.45, 2.75) is 6.54 Å². The molecule has 0 radical (unpaired) electrons. The van der Waals surface area contributed by atoms with Crippen LogP contribution in [0.1, 0.15) is 21.7 Å². The first-order chi connectivity index (χ1) is 13.1. The third-order valence-corrected chi connectivity index (χ3v) is 4.21. The quantitative estimate of drug-likeness (QED) is 0.560. The lowest BCUT2D eigenvalue weighted by Crippen LogP contribution is -2.18. The maximum atomic E-state index is 11.8. The van der Waals surface area contributed by atoms with Crippen molar-refractivity contribution in [3.8, 4) is 6.07 Å². The zero-order chi connectivity index (χ0) is 19.0. The summed E-state index contributed by atoms with van der Waals surface area (Å²) in [4.78, 5) is 35.7. The summed E-state index contributed by atoms with van der Waals surface area (Å²) in [7, 11) is 1.23. The molecule has 0 saturated carbocycles. The molecule has 1 aromatic carbocycles. The Bertz CT molecular complexity index is 1300. The van der Waals surface area contributed by atoms with Gasteiger partial charge >= 0.3 is 5.97 Å². The number of esters is 1. The van der Waals surface area contributed by atoms with E-state index in [2.05, 4.69) is 25.8 Å². The highest BCUT2D eigenvalue weighted by molar-refractivity contribution is 6.02. The number of carbonyl (C=O) groups excluding carboxylic acids is 1. The number of carbonyl (C=O) groups is 1. The van der Waals surface area contributed by atoms with Gasteiger partial charge in [0.05, 0.1) is 48.0 Å². The summed E-state index contributed by atoms with van der Waals surface area (Å²) in [6.07, 6.45) is 4.70. The minimum atomic E-state index is -0.682. The Morgan fingerprint density at radius 3 is 3.00 bits per heavy atom. The molecule has 3 heterocycles. The normalized spacial score (nSPS) is 10.8. The smallest absolute Gasteiger partial charge is 0.343 e. The first-order valence-corrected chi connectivity index (χ1v) is 8.05. The fraction of sp³-hybridized carbons (Fsp3) is 0.105. The van der Waals surface area contributed by atoms with E-state index < -0.39 is 11.4 Å². The number of aromatic amines is 1. The van der Waals surface area contributed by atoms with Gasteiger partial charge in [0.1, 0.15) is 11.4 Å². The zero-order valence-corrected chi connectivity index (χ0v) is 14.3. The number of benzene rings is 1. The van der Waals surface area contributed by atoms with E-state index in [0.29, 0.717) is 23.4 Å². The molecule has 0 amide bonds. The number of hydrogen-bond acceptors (Lipinski definition) is 6. The first kappa shape index (κ1) is 16.5. The Kier molecular flexibility index (Phi) is 3.90. The Balaban J connectivity index is 1.77. The number of methoxy groups -OCH3 is 1. The molecule has 0 fully saturated rings. The van der Waals surface area contributed by atoms with Crippen LogP contribution in [0.3, 0.4) is 0 Å². The van der Waals surface area contributed by atoms with E-state index in [-0.39, 0.29) is 5.56 Å². The summed E-state index contributed by atoms with van der Waals surface area (Å²) in [5.41, 5.74) is 2.28. The van der Waals surface area contributed by atoms with E-state index in [1.807, 2.05) is 0 Å². The molecule has 0 aliphatic carbocycles. The van der Waals surface area contributed by atoms with Gasteiger partial charge in [-0.25, -0.2) is 9.78 Å². The van der Waals surface area contributed by atoms with Crippen LogP contribution >= 0.6 is 0 Å². The molecule has 3 aromatic heterocycles. The largest absolute Gasteiger partial charge is 0.465 e. The molecule has 0 aliphatic rings. The van der Waals surface area contributed by atoms with Crippen molar-refractivity contribution in [2.75, 3.05) is 7.11 Å². The maximum absolute atomic E-state index is 11.8. The molecular weight excluding hydrogens is 346 g/mol. The van der Waals surface area contributed by atoms with E-state index in [1.54, 1.807) is 35.2 Å². The standard InChI is InChI=1S/C19H13N5O3/c1-27-19(26)13-9-24(5-4-16(13)25)10-17-22-15-8-21-14-3-2-11(7-20)6-12(14)18(15)23-17/h2-6,8-9H,10H2,1H3,(H,22,23). The number of fused-ring (bicyclic) bond motifs is 3. The number of aromatic nitrogens is 4. The molecule has 0 atom stereocenters. The molecule has 27 heavy (non-hydrogen) atoms. The number of ether oxygens (including phenoxy) is 1. The fourth-order valence-electron chi connectivity index (χ4n) is 2.91. The number of rotatable bonds is 3. The second-order valence-electron chi connectivity index (χ2n) is 5.93. The average Bonchev–Trinajstić information content (AvgIpc) is 3.11. The van der Waals surface area contributed by atoms with Crippen LogP contribution in [0, 0.1) is 11.3 Å². The Morgan fingerprint density at radius 2 is 2.22 bits per heavy atom. The summed E-state index contributed by atoms with van der Waals surface area (Å²) >= 11 is 0. The molecule has 8 nitrogen and oxygen atoms in total. The van der Waals surface area contributed by atoms with E-state index in [9.17, 15) is 9.59 Å². The van der Waals surface area contributed by atoms with E-state index >= 15 is 0 Å². The van der Waals surface area contributed by atoms with Crippen LogP contribution in [0.5, 0.6) is 0 Å². The summed E-state index contributed by atoms with van der Waals surface area (Å²) in [6, 6.07) is 8.67. The van der Waals surface area contributed by atoms with Gasteiger partial charge in [-0.05, 0) is 18.2 Å². The molecule has 1 N–H and O–H groups in total. The Labute approximate surface area is 152 Å². The third-order valence-electron chi connectivity index (χ3n) is 4.21. The van der Waals surface area contributed by atoms with Crippen molar-refractivity contribution in [3.05, 3.63) is 70.0 Å². The molecule has 0 saturated heterocycles. The summed E-state index contributed by atoms with van der Waals surface area (Å²) in [5.74, 6) is -0.0562. The van der Waals surface area contributed by atoms with Crippen LogP contribution in [0.2, 0.25) is 0 Å². The summed E-state index contributed by atoms with van der Waals surface area (Å²) < 4.78 is 6.30. The molecule has 4 aromatic rings.